The van der Waals surface area contributed by atoms with E-state index in [1.807, 2.05) is 0 Å². The first kappa shape index (κ1) is 16.6. The zero-order valence-corrected chi connectivity index (χ0v) is 12.7. The standard InChI is InChI=1S/C13H15Cl2NO4/c1-3-16(7-13(18)19-2)12(17)8-20-11-6-9(14)4-5-10(11)15/h4-6H,3,7-8H2,1-2H3. The maximum atomic E-state index is 11.9. The molecule has 0 saturated carbocycles. The summed E-state index contributed by atoms with van der Waals surface area (Å²) in [5.41, 5.74) is 0. The lowest BCUT2D eigenvalue weighted by Gasteiger charge is -2.19. The molecular formula is C13H15Cl2NO4. The molecule has 0 aliphatic rings. The number of rotatable bonds is 6. The summed E-state index contributed by atoms with van der Waals surface area (Å²) in [5, 5.41) is 0.817. The number of nitrogens with zero attached hydrogens (tertiary/aromatic N) is 1. The van der Waals surface area contributed by atoms with Gasteiger partial charge < -0.3 is 14.4 Å². The van der Waals surface area contributed by atoms with Gasteiger partial charge in [0.05, 0.1) is 12.1 Å². The lowest BCUT2D eigenvalue weighted by atomic mass is 10.3. The number of likely N-dealkylation sites (N-methyl/N-ethyl adjacent to an activating group) is 1. The molecule has 0 unspecified atom stereocenters. The van der Waals surface area contributed by atoms with E-state index in [1.165, 1.54) is 18.1 Å². The number of methoxy groups -OCH3 is 1. The Bertz CT molecular complexity index is 493. The lowest BCUT2D eigenvalue weighted by molar-refractivity contribution is -0.147. The largest absolute Gasteiger partial charge is 0.482 e. The van der Waals surface area contributed by atoms with Crippen molar-refractivity contribution in [3.63, 3.8) is 0 Å². The third kappa shape index (κ3) is 4.90. The predicted octanol–water partition coefficient (Wildman–Crippen LogP) is 2.39. The highest BCUT2D eigenvalue weighted by atomic mass is 35.5. The second-order valence-corrected chi connectivity index (χ2v) is 4.69. The molecule has 1 rings (SSSR count). The first-order valence-electron chi connectivity index (χ1n) is 5.90. The Balaban J connectivity index is 2.61. The van der Waals surface area contributed by atoms with Crippen molar-refractivity contribution in [2.45, 2.75) is 6.92 Å². The van der Waals surface area contributed by atoms with Gasteiger partial charge >= 0.3 is 5.97 Å². The summed E-state index contributed by atoms with van der Waals surface area (Å²) in [7, 11) is 1.27. The van der Waals surface area contributed by atoms with E-state index in [2.05, 4.69) is 4.74 Å². The normalized spacial score (nSPS) is 10.0. The summed E-state index contributed by atoms with van der Waals surface area (Å²) < 4.78 is 9.84. The van der Waals surface area contributed by atoms with Gasteiger partial charge in [-0.15, -0.1) is 0 Å². The van der Waals surface area contributed by atoms with Crippen LogP contribution in [0.2, 0.25) is 10.0 Å². The summed E-state index contributed by atoms with van der Waals surface area (Å²) in [4.78, 5) is 24.4. The minimum absolute atomic E-state index is 0.113. The van der Waals surface area contributed by atoms with E-state index in [1.54, 1.807) is 19.1 Å². The summed E-state index contributed by atoms with van der Waals surface area (Å²) in [6.07, 6.45) is 0. The molecule has 110 valence electrons. The number of halogens is 2. The molecule has 1 aromatic rings. The molecule has 0 bridgehead atoms. The Kier molecular flexibility index (Phi) is 6.61. The maximum Gasteiger partial charge on any atom is 0.325 e. The van der Waals surface area contributed by atoms with Gasteiger partial charge in [0, 0.05) is 17.6 Å². The number of ether oxygens (including phenoxy) is 2. The van der Waals surface area contributed by atoms with Crippen LogP contribution in [0.25, 0.3) is 0 Å². The number of esters is 1. The minimum Gasteiger partial charge on any atom is -0.482 e. The minimum atomic E-state index is -0.485. The van der Waals surface area contributed by atoms with Crippen molar-refractivity contribution in [2.75, 3.05) is 26.8 Å². The van der Waals surface area contributed by atoms with E-state index >= 15 is 0 Å². The fourth-order valence-electron chi connectivity index (χ4n) is 1.42. The molecule has 7 heteroatoms. The molecule has 0 aliphatic carbocycles. The van der Waals surface area contributed by atoms with Crippen LogP contribution in [0.1, 0.15) is 6.92 Å². The third-order valence-electron chi connectivity index (χ3n) is 2.53. The molecule has 0 aromatic heterocycles. The summed E-state index contributed by atoms with van der Waals surface area (Å²) in [6, 6.07) is 4.72. The number of carbonyl (C=O) groups excluding carboxylic acids is 2. The number of carbonyl (C=O) groups is 2. The van der Waals surface area contributed by atoms with Crippen LogP contribution in [0.15, 0.2) is 18.2 Å². The molecule has 0 spiro atoms. The van der Waals surface area contributed by atoms with Crippen LogP contribution in [-0.2, 0) is 14.3 Å². The fourth-order valence-corrected chi connectivity index (χ4v) is 1.75. The highest BCUT2D eigenvalue weighted by Crippen LogP contribution is 2.27. The van der Waals surface area contributed by atoms with E-state index < -0.39 is 5.97 Å². The molecule has 0 saturated heterocycles. The van der Waals surface area contributed by atoms with Crippen molar-refractivity contribution in [3.8, 4) is 5.75 Å². The smallest absolute Gasteiger partial charge is 0.325 e. The van der Waals surface area contributed by atoms with Gasteiger partial charge in [0.1, 0.15) is 12.3 Å². The van der Waals surface area contributed by atoms with Gasteiger partial charge in [-0.25, -0.2) is 0 Å². The zero-order chi connectivity index (χ0) is 15.1. The SMILES string of the molecule is CCN(CC(=O)OC)C(=O)COc1cc(Cl)ccc1Cl. The number of hydrogen-bond acceptors (Lipinski definition) is 4. The molecule has 0 N–H and O–H groups in total. The Hall–Kier alpha value is -1.46. The molecule has 1 amide bonds. The van der Waals surface area contributed by atoms with Crippen molar-refractivity contribution in [3.05, 3.63) is 28.2 Å². The Morgan fingerprint density at radius 2 is 2.00 bits per heavy atom. The topological polar surface area (TPSA) is 55.8 Å². The van der Waals surface area contributed by atoms with E-state index in [9.17, 15) is 9.59 Å². The van der Waals surface area contributed by atoms with Crippen LogP contribution >= 0.6 is 23.2 Å². The first-order valence-corrected chi connectivity index (χ1v) is 6.66. The Labute approximate surface area is 127 Å². The van der Waals surface area contributed by atoms with E-state index in [-0.39, 0.29) is 19.1 Å². The second kappa shape index (κ2) is 7.97. The predicted molar refractivity (Wildman–Crippen MR) is 76.2 cm³/mol. The molecule has 0 atom stereocenters. The molecule has 0 radical (unpaired) electrons. The molecule has 0 aliphatic heterocycles. The first-order chi connectivity index (χ1) is 9.47. The van der Waals surface area contributed by atoms with Gasteiger partial charge in [-0.05, 0) is 19.1 Å². The number of hydrogen-bond donors (Lipinski definition) is 0. The van der Waals surface area contributed by atoms with Gasteiger partial charge in [0.15, 0.2) is 6.61 Å². The van der Waals surface area contributed by atoms with E-state index in [0.29, 0.717) is 22.3 Å². The van der Waals surface area contributed by atoms with Crippen LogP contribution < -0.4 is 4.74 Å². The van der Waals surface area contributed by atoms with Crippen molar-refractivity contribution in [2.24, 2.45) is 0 Å². The molecule has 5 nitrogen and oxygen atoms in total. The fraction of sp³-hybridized carbons (Fsp3) is 0.385. The molecule has 0 heterocycles. The average molecular weight is 320 g/mol. The molecule has 1 aromatic carbocycles. The number of amides is 1. The van der Waals surface area contributed by atoms with Crippen molar-refractivity contribution in [1.82, 2.24) is 4.90 Å². The van der Waals surface area contributed by atoms with E-state index in [0.717, 1.165) is 0 Å². The van der Waals surface area contributed by atoms with Gasteiger partial charge in [-0.2, -0.15) is 0 Å². The van der Waals surface area contributed by atoms with Gasteiger partial charge in [0.25, 0.3) is 5.91 Å². The summed E-state index contributed by atoms with van der Waals surface area (Å²) >= 11 is 11.7. The number of benzene rings is 1. The van der Waals surface area contributed by atoms with Crippen LogP contribution in [-0.4, -0.2) is 43.6 Å². The van der Waals surface area contributed by atoms with Gasteiger partial charge in [-0.1, -0.05) is 23.2 Å². The van der Waals surface area contributed by atoms with Crippen molar-refractivity contribution >= 4 is 35.1 Å². The van der Waals surface area contributed by atoms with Gasteiger partial charge in [0.2, 0.25) is 0 Å². The molecular weight excluding hydrogens is 305 g/mol. The Morgan fingerprint density at radius 3 is 2.60 bits per heavy atom. The summed E-state index contributed by atoms with van der Waals surface area (Å²) in [5.74, 6) is -0.503. The van der Waals surface area contributed by atoms with Crippen LogP contribution in [0.3, 0.4) is 0 Å². The van der Waals surface area contributed by atoms with Crippen LogP contribution in [0.4, 0.5) is 0 Å². The monoisotopic (exact) mass is 319 g/mol. The third-order valence-corrected chi connectivity index (χ3v) is 3.07. The lowest BCUT2D eigenvalue weighted by Crippen LogP contribution is -2.38. The zero-order valence-electron chi connectivity index (χ0n) is 11.2. The van der Waals surface area contributed by atoms with Crippen LogP contribution in [0.5, 0.6) is 5.75 Å². The van der Waals surface area contributed by atoms with Crippen LogP contribution in [0, 0.1) is 0 Å². The van der Waals surface area contributed by atoms with Crippen molar-refractivity contribution in [1.29, 1.82) is 0 Å². The second-order valence-electron chi connectivity index (χ2n) is 3.85. The molecule has 20 heavy (non-hydrogen) atoms. The molecule has 0 fully saturated rings. The highest BCUT2D eigenvalue weighted by Gasteiger charge is 2.17. The van der Waals surface area contributed by atoms with E-state index in [4.69, 9.17) is 27.9 Å². The quantitative estimate of drug-likeness (QED) is 0.755. The summed E-state index contributed by atoms with van der Waals surface area (Å²) in [6.45, 7) is 1.79. The average Bonchev–Trinajstić information content (AvgIpc) is 2.44. The van der Waals surface area contributed by atoms with Crippen molar-refractivity contribution < 1.29 is 19.1 Å². The highest BCUT2D eigenvalue weighted by molar-refractivity contribution is 6.34. The maximum absolute atomic E-state index is 11.9. The van der Waals surface area contributed by atoms with Gasteiger partial charge in [-0.3, -0.25) is 9.59 Å². The Morgan fingerprint density at radius 1 is 1.30 bits per heavy atom.